The summed E-state index contributed by atoms with van der Waals surface area (Å²) in [7, 11) is -3.43. The van der Waals surface area contributed by atoms with Gasteiger partial charge in [0.05, 0.1) is 18.1 Å². The lowest BCUT2D eigenvalue weighted by molar-refractivity contribution is 0.104. The molecule has 1 heterocycles. The molecule has 0 bridgehead atoms. The number of aryl methyl sites for hydroxylation is 1. The van der Waals surface area contributed by atoms with Gasteiger partial charge in [0.2, 0.25) is 9.84 Å². The second-order valence-electron chi connectivity index (χ2n) is 5.40. The first kappa shape index (κ1) is 15.2. The van der Waals surface area contributed by atoms with Gasteiger partial charge in [-0.05, 0) is 24.6 Å². The highest BCUT2D eigenvalue weighted by Gasteiger charge is 2.50. The average molecular weight is 318 g/mol. The molecule has 2 atom stereocenters. The number of benzene rings is 2. The number of ether oxygens (including phenoxy) is 2. The van der Waals surface area contributed by atoms with Crippen molar-refractivity contribution >= 4 is 9.84 Å². The first-order chi connectivity index (χ1) is 10.6. The molecule has 1 aliphatic rings. The van der Waals surface area contributed by atoms with Crippen molar-refractivity contribution < 1.29 is 17.9 Å². The lowest BCUT2D eigenvalue weighted by Crippen LogP contribution is -2.14. The van der Waals surface area contributed by atoms with Crippen molar-refractivity contribution in [1.29, 1.82) is 0 Å². The van der Waals surface area contributed by atoms with Gasteiger partial charge in [-0.1, -0.05) is 48.0 Å². The summed E-state index contributed by atoms with van der Waals surface area (Å²) in [6.07, 6.45) is -0.380. The van der Waals surface area contributed by atoms with Crippen molar-refractivity contribution in [2.75, 3.05) is 6.61 Å². The maximum Gasteiger partial charge on any atom is 0.207 e. The molecule has 0 spiro atoms. The molecular formula is C17H18O4S. The van der Waals surface area contributed by atoms with Crippen molar-refractivity contribution in [3.63, 3.8) is 0 Å². The number of epoxide rings is 1. The Kier molecular flexibility index (Phi) is 4.29. The van der Waals surface area contributed by atoms with Crippen molar-refractivity contribution in [2.24, 2.45) is 0 Å². The molecule has 22 heavy (non-hydrogen) atoms. The first-order valence-electron chi connectivity index (χ1n) is 7.15. The second kappa shape index (κ2) is 6.20. The molecule has 4 nitrogen and oxygen atoms in total. The fourth-order valence-electron chi connectivity index (χ4n) is 2.25. The normalized spacial score (nSPS) is 20.8. The van der Waals surface area contributed by atoms with E-state index in [0.29, 0.717) is 11.5 Å². The second-order valence-corrected chi connectivity index (χ2v) is 7.43. The zero-order chi connectivity index (χ0) is 15.6. The molecule has 0 unspecified atom stereocenters. The highest BCUT2D eigenvalue weighted by Crippen LogP contribution is 2.33. The molecular weight excluding hydrogens is 300 g/mol. The van der Waals surface area contributed by atoms with E-state index in [2.05, 4.69) is 0 Å². The summed E-state index contributed by atoms with van der Waals surface area (Å²) >= 11 is 0. The van der Waals surface area contributed by atoms with Crippen LogP contribution in [0.3, 0.4) is 0 Å². The molecule has 1 saturated heterocycles. The van der Waals surface area contributed by atoms with Crippen LogP contribution >= 0.6 is 0 Å². The Morgan fingerprint density at radius 1 is 1.05 bits per heavy atom. The third kappa shape index (κ3) is 3.38. The first-order valence-corrected chi connectivity index (χ1v) is 8.70. The number of hydrogen-bond acceptors (Lipinski definition) is 4. The summed E-state index contributed by atoms with van der Waals surface area (Å²) in [5, 5.41) is 0. The van der Waals surface area contributed by atoms with Crippen LogP contribution in [0.15, 0.2) is 59.5 Å². The minimum atomic E-state index is -3.43. The Balaban J connectivity index is 1.54. The van der Waals surface area contributed by atoms with Crippen LogP contribution in [0, 0.1) is 6.92 Å². The summed E-state index contributed by atoms with van der Waals surface area (Å²) in [4.78, 5) is 0.300. The summed E-state index contributed by atoms with van der Waals surface area (Å²) in [6, 6.07) is 16.6. The Bertz CT molecular complexity index is 723. The van der Waals surface area contributed by atoms with E-state index in [-0.39, 0.29) is 12.7 Å². The van der Waals surface area contributed by atoms with E-state index in [0.717, 1.165) is 11.1 Å². The quantitative estimate of drug-likeness (QED) is 0.769. The highest BCUT2D eigenvalue weighted by atomic mass is 32.2. The van der Waals surface area contributed by atoms with Crippen LogP contribution in [-0.4, -0.2) is 26.6 Å². The largest absolute Gasteiger partial charge is 0.374 e. The Morgan fingerprint density at radius 2 is 1.73 bits per heavy atom. The SMILES string of the molecule is Cc1ccc(S(=O)(=O)[C@H]2O[C@@H]2COCc2ccccc2)cc1. The molecule has 0 aliphatic carbocycles. The number of rotatable bonds is 6. The predicted octanol–water partition coefficient (Wildman–Crippen LogP) is 2.71. The van der Waals surface area contributed by atoms with Gasteiger partial charge in [-0.25, -0.2) is 8.42 Å². The highest BCUT2D eigenvalue weighted by molar-refractivity contribution is 7.92. The molecule has 0 amide bonds. The molecule has 0 aromatic heterocycles. The van der Waals surface area contributed by atoms with E-state index >= 15 is 0 Å². The van der Waals surface area contributed by atoms with E-state index in [4.69, 9.17) is 9.47 Å². The van der Waals surface area contributed by atoms with Crippen molar-refractivity contribution in [3.05, 3.63) is 65.7 Å². The molecule has 5 heteroatoms. The molecule has 1 fully saturated rings. The van der Waals surface area contributed by atoms with Gasteiger partial charge in [0.25, 0.3) is 0 Å². The van der Waals surface area contributed by atoms with Gasteiger partial charge in [-0.15, -0.1) is 0 Å². The summed E-state index contributed by atoms with van der Waals surface area (Å²) in [6.45, 7) is 2.66. The molecule has 0 N–H and O–H groups in total. The van der Waals surface area contributed by atoms with E-state index in [1.54, 1.807) is 24.3 Å². The smallest absolute Gasteiger partial charge is 0.207 e. The molecule has 0 saturated carbocycles. The fraction of sp³-hybridized carbons (Fsp3) is 0.294. The Morgan fingerprint density at radius 3 is 2.41 bits per heavy atom. The summed E-state index contributed by atoms with van der Waals surface area (Å²) in [5.74, 6) is 0. The molecule has 2 aromatic carbocycles. The minimum Gasteiger partial charge on any atom is -0.374 e. The van der Waals surface area contributed by atoms with Gasteiger partial charge in [-0.3, -0.25) is 0 Å². The van der Waals surface area contributed by atoms with Gasteiger partial charge in [0.15, 0.2) is 5.44 Å². The van der Waals surface area contributed by atoms with Crippen LogP contribution < -0.4 is 0 Å². The van der Waals surface area contributed by atoms with E-state index < -0.39 is 15.3 Å². The average Bonchev–Trinajstić information content (AvgIpc) is 3.29. The Labute approximate surface area is 130 Å². The molecule has 3 rings (SSSR count). The van der Waals surface area contributed by atoms with Gasteiger partial charge in [0.1, 0.15) is 6.10 Å². The minimum absolute atomic E-state index is 0.282. The van der Waals surface area contributed by atoms with Crippen molar-refractivity contribution in [3.8, 4) is 0 Å². The van der Waals surface area contributed by atoms with Crippen LogP contribution in [0.2, 0.25) is 0 Å². The molecule has 116 valence electrons. The van der Waals surface area contributed by atoms with Crippen LogP contribution in [0.1, 0.15) is 11.1 Å². The number of sulfone groups is 1. The Hall–Kier alpha value is -1.69. The molecule has 0 radical (unpaired) electrons. The molecule has 1 aliphatic heterocycles. The summed E-state index contributed by atoms with van der Waals surface area (Å²) in [5.41, 5.74) is 1.30. The lowest BCUT2D eigenvalue weighted by Gasteiger charge is -2.03. The predicted molar refractivity (Wildman–Crippen MR) is 83.1 cm³/mol. The monoisotopic (exact) mass is 318 g/mol. The maximum atomic E-state index is 12.4. The zero-order valence-corrected chi connectivity index (χ0v) is 13.1. The lowest BCUT2D eigenvalue weighted by atomic mass is 10.2. The zero-order valence-electron chi connectivity index (χ0n) is 12.3. The third-order valence-corrected chi connectivity index (χ3v) is 5.54. The number of hydrogen-bond donors (Lipinski definition) is 0. The van der Waals surface area contributed by atoms with Gasteiger partial charge < -0.3 is 9.47 Å². The van der Waals surface area contributed by atoms with Crippen LogP contribution in [0.4, 0.5) is 0 Å². The van der Waals surface area contributed by atoms with Gasteiger partial charge in [0, 0.05) is 0 Å². The van der Waals surface area contributed by atoms with E-state index in [9.17, 15) is 8.42 Å². The van der Waals surface area contributed by atoms with E-state index in [1.165, 1.54) is 0 Å². The van der Waals surface area contributed by atoms with Crippen molar-refractivity contribution in [2.45, 2.75) is 30.0 Å². The fourth-order valence-corrected chi connectivity index (χ4v) is 3.80. The summed E-state index contributed by atoms with van der Waals surface area (Å²) < 4.78 is 35.6. The van der Waals surface area contributed by atoms with Crippen LogP contribution in [0.25, 0.3) is 0 Å². The standard InChI is InChI=1S/C17H18O4S/c1-13-7-9-15(10-8-13)22(18,19)17-16(21-17)12-20-11-14-5-3-2-4-6-14/h2-10,16-17H,11-12H2,1H3/t16-,17-/m1/s1. The van der Waals surface area contributed by atoms with Gasteiger partial charge >= 0.3 is 0 Å². The van der Waals surface area contributed by atoms with Crippen molar-refractivity contribution in [1.82, 2.24) is 0 Å². The topological polar surface area (TPSA) is 55.9 Å². The van der Waals surface area contributed by atoms with Crippen LogP contribution in [0.5, 0.6) is 0 Å². The maximum absolute atomic E-state index is 12.4. The molecule has 2 aromatic rings. The van der Waals surface area contributed by atoms with E-state index in [1.807, 2.05) is 37.3 Å². The third-order valence-electron chi connectivity index (χ3n) is 3.58. The van der Waals surface area contributed by atoms with Gasteiger partial charge in [-0.2, -0.15) is 0 Å². The van der Waals surface area contributed by atoms with Crippen LogP contribution in [-0.2, 0) is 25.9 Å².